The summed E-state index contributed by atoms with van der Waals surface area (Å²) >= 11 is 0. The molecule has 0 saturated carbocycles. The fourth-order valence-corrected chi connectivity index (χ4v) is 4.99. The first-order valence-electron chi connectivity index (χ1n) is 9.95. The molecule has 29 heavy (non-hydrogen) atoms. The van der Waals surface area contributed by atoms with E-state index in [0.29, 0.717) is 37.4 Å². The van der Waals surface area contributed by atoms with E-state index in [-0.39, 0.29) is 17.6 Å². The number of sulfonamides is 1. The lowest BCUT2D eigenvalue weighted by molar-refractivity contribution is -0.126. The topological polar surface area (TPSA) is 66.5 Å². The molecule has 5 nitrogen and oxygen atoms in total. The van der Waals surface area contributed by atoms with Crippen LogP contribution in [0.15, 0.2) is 53.4 Å². The van der Waals surface area contributed by atoms with E-state index in [1.807, 2.05) is 6.92 Å². The van der Waals surface area contributed by atoms with Gasteiger partial charge in [0.05, 0.1) is 4.90 Å². The molecule has 0 spiro atoms. The molecule has 2 aromatic carbocycles. The van der Waals surface area contributed by atoms with Crippen LogP contribution in [0.4, 0.5) is 4.39 Å². The maximum absolute atomic E-state index is 12.9. The van der Waals surface area contributed by atoms with Gasteiger partial charge in [-0.15, -0.1) is 0 Å². The number of benzene rings is 2. The summed E-state index contributed by atoms with van der Waals surface area (Å²) in [6.07, 6.45) is 2.59. The van der Waals surface area contributed by atoms with Gasteiger partial charge in [-0.1, -0.05) is 29.8 Å². The highest BCUT2D eigenvalue weighted by molar-refractivity contribution is 7.89. The number of amides is 1. The van der Waals surface area contributed by atoms with Crippen molar-refractivity contribution in [2.45, 2.75) is 37.5 Å². The molecule has 1 aliphatic heterocycles. The second-order valence-electron chi connectivity index (χ2n) is 7.51. The smallest absolute Gasteiger partial charge is 0.243 e. The Bertz CT molecular complexity index is 920. The van der Waals surface area contributed by atoms with Crippen LogP contribution in [0.25, 0.3) is 0 Å². The molecule has 7 heteroatoms. The number of aryl methyl sites for hydroxylation is 2. The van der Waals surface area contributed by atoms with Gasteiger partial charge in [-0.2, -0.15) is 4.31 Å². The molecule has 2 aromatic rings. The Morgan fingerprint density at radius 2 is 1.69 bits per heavy atom. The molecule has 0 atom stereocenters. The first kappa shape index (κ1) is 21.5. The summed E-state index contributed by atoms with van der Waals surface area (Å²) in [5.74, 6) is -0.431. The molecule has 0 unspecified atom stereocenters. The normalized spacial score (nSPS) is 15.9. The molecule has 0 aromatic heterocycles. The molecule has 0 radical (unpaired) electrons. The predicted octanol–water partition coefficient (Wildman–Crippen LogP) is 3.28. The summed E-state index contributed by atoms with van der Waals surface area (Å²) in [5, 5.41) is 2.94. The lowest BCUT2D eigenvalue weighted by atomic mass is 9.97. The van der Waals surface area contributed by atoms with Crippen molar-refractivity contribution in [1.82, 2.24) is 9.62 Å². The lowest BCUT2D eigenvalue weighted by Gasteiger charge is -2.30. The average molecular weight is 419 g/mol. The van der Waals surface area contributed by atoms with Gasteiger partial charge in [0.25, 0.3) is 0 Å². The van der Waals surface area contributed by atoms with Crippen molar-refractivity contribution in [3.05, 3.63) is 65.5 Å². The minimum atomic E-state index is -3.51. The zero-order valence-electron chi connectivity index (χ0n) is 16.6. The summed E-state index contributed by atoms with van der Waals surface area (Å²) in [7, 11) is -3.51. The minimum Gasteiger partial charge on any atom is -0.356 e. The maximum atomic E-state index is 12.9. The highest BCUT2D eigenvalue weighted by atomic mass is 32.2. The molecular weight excluding hydrogens is 391 g/mol. The van der Waals surface area contributed by atoms with Gasteiger partial charge in [0.1, 0.15) is 5.82 Å². The van der Waals surface area contributed by atoms with E-state index in [4.69, 9.17) is 0 Å². The van der Waals surface area contributed by atoms with Crippen LogP contribution in [0.5, 0.6) is 0 Å². The Labute approximate surface area is 172 Å². The zero-order valence-corrected chi connectivity index (χ0v) is 17.4. The number of halogens is 1. The minimum absolute atomic E-state index is 0.0171. The van der Waals surface area contributed by atoms with Gasteiger partial charge in [-0.25, -0.2) is 12.8 Å². The summed E-state index contributed by atoms with van der Waals surface area (Å²) < 4.78 is 39.9. The van der Waals surface area contributed by atoms with Gasteiger partial charge >= 0.3 is 0 Å². The lowest BCUT2D eigenvalue weighted by Crippen LogP contribution is -2.43. The van der Waals surface area contributed by atoms with Crippen LogP contribution >= 0.6 is 0 Å². The number of piperidine rings is 1. The van der Waals surface area contributed by atoms with Crippen molar-refractivity contribution in [3.8, 4) is 0 Å². The first-order valence-corrected chi connectivity index (χ1v) is 11.4. The molecule has 1 amide bonds. The van der Waals surface area contributed by atoms with Gasteiger partial charge in [-0.3, -0.25) is 4.79 Å². The molecule has 1 saturated heterocycles. The second kappa shape index (κ2) is 9.50. The standard InChI is InChI=1S/C22H27FN2O3S/c1-17-4-10-21(11-5-17)29(27,28)25-15-12-19(13-16-25)22(26)24-14-2-3-18-6-8-20(23)9-7-18/h4-11,19H,2-3,12-16H2,1H3,(H,24,26). The van der Waals surface area contributed by atoms with Gasteiger partial charge in [0.2, 0.25) is 15.9 Å². The third-order valence-electron chi connectivity index (χ3n) is 5.34. The molecule has 3 rings (SSSR count). The quantitative estimate of drug-likeness (QED) is 0.702. The van der Waals surface area contributed by atoms with Gasteiger partial charge in [-0.05, 0) is 62.4 Å². The van der Waals surface area contributed by atoms with E-state index < -0.39 is 10.0 Å². The summed E-state index contributed by atoms with van der Waals surface area (Å²) in [6.45, 7) is 3.17. The molecule has 0 bridgehead atoms. The van der Waals surface area contributed by atoms with Gasteiger partial charge in [0, 0.05) is 25.6 Å². The molecule has 1 fully saturated rings. The third kappa shape index (κ3) is 5.64. The van der Waals surface area contributed by atoms with E-state index in [2.05, 4.69) is 5.32 Å². The van der Waals surface area contributed by atoms with E-state index in [1.165, 1.54) is 16.4 Å². The van der Waals surface area contributed by atoms with E-state index >= 15 is 0 Å². The SMILES string of the molecule is Cc1ccc(S(=O)(=O)N2CCC(C(=O)NCCCc3ccc(F)cc3)CC2)cc1. The summed E-state index contributed by atoms with van der Waals surface area (Å²) in [6, 6.07) is 13.2. The van der Waals surface area contributed by atoms with Crippen molar-refractivity contribution < 1.29 is 17.6 Å². The highest BCUT2D eigenvalue weighted by Crippen LogP contribution is 2.24. The monoisotopic (exact) mass is 418 g/mol. The van der Waals surface area contributed by atoms with Gasteiger partial charge < -0.3 is 5.32 Å². The van der Waals surface area contributed by atoms with Crippen LogP contribution in [-0.4, -0.2) is 38.3 Å². The van der Waals surface area contributed by atoms with Crippen LogP contribution in [0, 0.1) is 18.7 Å². The van der Waals surface area contributed by atoms with Crippen LogP contribution in [0.1, 0.15) is 30.4 Å². The van der Waals surface area contributed by atoms with Crippen LogP contribution in [-0.2, 0) is 21.2 Å². The number of carbonyl (C=O) groups excluding carboxylic acids is 1. The van der Waals surface area contributed by atoms with Crippen molar-refractivity contribution >= 4 is 15.9 Å². The molecule has 156 valence electrons. The Kier molecular flexibility index (Phi) is 7.03. The number of hydrogen-bond donors (Lipinski definition) is 1. The molecule has 1 heterocycles. The Hall–Kier alpha value is -2.25. The molecule has 1 N–H and O–H groups in total. The Morgan fingerprint density at radius 1 is 1.07 bits per heavy atom. The maximum Gasteiger partial charge on any atom is 0.243 e. The fourth-order valence-electron chi connectivity index (χ4n) is 3.52. The van der Waals surface area contributed by atoms with Crippen molar-refractivity contribution in [1.29, 1.82) is 0 Å². The number of hydrogen-bond acceptors (Lipinski definition) is 3. The Morgan fingerprint density at radius 3 is 2.31 bits per heavy atom. The molecule has 0 aliphatic carbocycles. The summed E-state index contributed by atoms with van der Waals surface area (Å²) in [5.41, 5.74) is 2.05. The highest BCUT2D eigenvalue weighted by Gasteiger charge is 2.31. The first-order chi connectivity index (χ1) is 13.9. The number of carbonyl (C=O) groups is 1. The van der Waals surface area contributed by atoms with Crippen molar-refractivity contribution in [3.63, 3.8) is 0 Å². The van der Waals surface area contributed by atoms with E-state index in [1.54, 1.807) is 36.4 Å². The van der Waals surface area contributed by atoms with E-state index in [0.717, 1.165) is 24.0 Å². The zero-order chi connectivity index (χ0) is 20.9. The third-order valence-corrected chi connectivity index (χ3v) is 7.25. The van der Waals surface area contributed by atoms with E-state index in [9.17, 15) is 17.6 Å². The molecule has 1 aliphatic rings. The van der Waals surface area contributed by atoms with Crippen LogP contribution < -0.4 is 5.32 Å². The van der Waals surface area contributed by atoms with Crippen molar-refractivity contribution in [2.24, 2.45) is 5.92 Å². The average Bonchev–Trinajstić information content (AvgIpc) is 2.73. The largest absolute Gasteiger partial charge is 0.356 e. The second-order valence-corrected chi connectivity index (χ2v) is 9.45. The van der Waals surface area contributed by atoms with Crippen LogP contribution in [0.2, 0.25) is 0 Å². The van der Waals surface area contributed by atoms with Crippen LogP contribution in [0.3, 0.4) is 0 Å². The number of nitrogens with one attached hydrogen (secondary N) is 1. The number of rotatable bonds is 7. The predicted molar refractivity (Wildman–Crippen MR) is 110 cm³/mol. The summed E-state index contributed by atoms with van der Waals surface area (Å²) in [4.78, 5) is 12.7. The fraction of sp³-hybridized carbons (Fsp3) is 0.409. The van der Waals surface area contributed by atoms with Gasteiger partial charge in [0.15, 0.2) is 0 Å². The van der Waals surface area contributed by atoms with Crippen molar-refractivity contribution in [2.75, 3.05) is 19.6 Å². The molecular formula is C22H27FN2O3S. The Balaban J connectivity index is 1.43. The number of nitrogens with zero attached hydrogens (tertiary/aromatic N) is 1.